The van der Waals surface area contributed by atoms with Gasteiger partial charge in [-0.2, -0.15) is 0 Å². The fraction of sp³-hybridized carbons (Fsp3) is 0.167. The number of rotatable bonds is 4. The van der Waals surface area contributed by atoms with E-state index in [0.29, 0.717) is 40.1 Å². The molecule has 128 valence electrons. The normalized spacial score (nSPS) is 16.7. The molecule has 0 radical (unpaired) electrons. The van der Waals surface area contributed by atoms with E-state index in [9.17, 15) is 9.59 Å². The number of carbonyl (C=O) groups is 2. The second-order valence-electron chi connectivity index (χ2n) is 5.70. The van der Waals surface area contributed by atoms with Gasteiger partial charge in [0.1, 0.15) is 5.84 Å². The topological polar surface area (TPSA) is 84.6 Å². The highest BCUT2D eigenvalue weighted by molar-refractivity contribution is 6.42. The van der Waals surface area contributed by atoms with Gasteiger partial charge in [0.15, 0.2) is 5.78 Å². The van der Waals surface area contributed by atoms with Crippen molar-refractivity contribution in [2.75, 3.05) is 13.1 Å². The monoisotopic (exact) mass is 375 g/mol. The van der Waals surface area contributed by atoms with Gasteiger partial charge >= 0.3 is 0 Å². The third kappa shape index (κ3) is 3.83. The number of benzene rings is 2. The van der Waals surface area contributed by atoms with Crippen LogP contribution in [0.2, 0.25) is 10.0 Å². The summed E-state index contributed by atoms with van der Waals surface area (Å²) in [6.07, 6.45) is 0. The summed E-state index contributed by atoms with van der Waals surface area (Å²) in [6.45, 7) is 0.842. The molecule has 0 spiro atoms. The molecule has 25 heavy (non-hydrogen) atoms. The molecule has 1 atom stereocenters. The molecule has 0 saturated heterocycles. The van der Waals surface area contributed by atoms with Gasteiger partial charge in [-0.25, -0.2) is 0 Å². The van der Waals surface area contributed by atoms with E-state index in [1.165, 1.54) is 0 Å². The maximum atomic E-state index is 12.6. The summed E-state index contributed by atoms with van der Waals surface area (Å²) in [5.74, 6) is -0.0876. The first-order valence-corrected chi connectivity index (χ1v) is 8.39. The van der Waals surface area contributed by atoms with Crippen LogP contribution in [-0.4, -0.2) is 30.6 Å². The Morgan fingerprint density at radius 1 is 1.04 bits per heavy atom. The smallest absolute Gasteiger partial charge is 0.248 e. The highest BCUT2D eigenvalue weighted by atomic mass is 35.5. The van der Waals surface area contributed by atoms with Gasteiger partial charge in [-0.3, -0.25) is 14.6 Å². The molecule has 0 fully saturated rings. The Morgan fingerprint density at radius 3 is 2.28 bits per heavy atom. The number of nitrogens with two attached hydrogens (primary N) is 1. The number of amides is 1. The zero-order valence-electron chi connectivity index (χ0n) is 13.1. The standard InChI is InChI=1S/C18H15Cl2N3O2/c19-14-6-5-12(7-15(14)20)16(24)13-8-22-18(23-9-13)11-3-1-10(2-4-11)17(21)25/h1-7,13H,8-9H2,(H2,21,25)(H,22,23). The Hall–Kier alpha value is -2.37. The van der Waals surface area contributed by atoms with Gasteiger partial charge in [-0.15, -0.1) is 0 Å². The Kier molecular flexibility index (Phi) is 5.06. The Labute approximate surface area is 154 Å². The molecule has 1 heterocycles. The summed E-state index contributed by atoms with van der Waals surface area (Å²) in [7, 11) is 0. The van der Waals surface area contributed by atoms with Crippen molar-refractivity contribution in [2.24, 2.45) is 16.6 Å². The van der Waals surface area contributed by atoms with Gasteiger partial charge in [-0.05, 0) is 30.3 Å². The van der Waals surface area contributed by atoms with E-state index in [2.05, 4.69) is 10.3 Å². The summed E-state index contributed by atoms with van der Waals surface area (Å²) in [6, 6.07) is 11.7. The second-order valence-corrected chi connectivity index (χ2v) is 6.52. The maximum absolute atomic E-state index is 12.6. The predicted molar refractivity (Wildman–Crippen MR) is 98.6 cm³/mol. The van der Waals surface area contributed by atoms with Crippen molar-refractivity contribution in [1.29, 1.82) is 0 Å². The van der Waals surface area contributed by atoms with Crippen LogP contribution in [0, 0.1) is 5.92 Å². The largest absolute Gasteiger partial charge is 0.369 e. The number of nitrogens with one attached hydrogen (secondary N) is 1. The molecule has 1 aliphatic rings. The summed E-state index contributed by atoms with van der Waals surface area (Å²) < 4.78 is 0. The molecule has 2 aromatic carbocycles. The molecule has 0 bridgehead atoms. The highest BCUT2D eigenvalue weighted by Crippen LogP contribution is 2.24. The fourth-order valence-corrected chi connectivity index (χ4v) is 2.89. The zero-order chi connectivity index (χ0) is 18.0. The van der Waals surface area contributed by atoms with Crippen LogP contribution in [0.1, 0.15) is 26.3 Å². The number of nitrogens with zero attached hydrogens (tertiary/aromatic N) is 1. The van der Waals surface area contributed by atoms with E-state index in [-0.39, 0.29) is 11.7 Å². The van der Waals surface area contributed by atoms with E-state index in [1.807, 2.05) is 0 Å². The molecule has 7 heteroatoms. The van der Waals surface area contributed by atoms with E-state index in [4.69, 9.17) is 28.9 Å². The molecule has 1 amide bonds. The average Bonchev–Trinajstić information content (AvgIpc) is 2.63. The lowest BCUT2D eigenvalue weighted by Crippen LogP contribution is -2.39. The van der Waals surface area contributed by atoms with Crippen LogP contribution < -0.4 is 11.1 Å². The van der Waals surface area contributed by atoms with E-state index >= 15 is 0 Å². The molecule has 5 nitrogen and oxygen atoms in total. The van der Waals surface area contributed by atoms with Crippen LogP contribution in [0.25, 0.3) is 0 Å². The minimum atomic E-state index is -0.475. The van der Waals surface area contributed by atoms with Crippen molar-refractivity contribution in [3.8, 4) is 0 Å². The van der Waals surface area contributed by atoms with Crippen molar-refractivity contribution in [3.05, 3.63) is 69.2 Å². The summed E-state index contributed by atoms with van der Waals surface area (Å²) >= 11 is 11.9. The quantitative estimate of drug-likeness (QED) is 0.805. The van der Waals surface area contributed by atoms with Crippen molar-refractivity contribution in [3.63, 3.8) is 0 Å². The summed E-state index contributed by atoms with van der Waals surface area (Å²) in [4.78, 5) is 28.1. The van der Waals surface area contributed by atoms with Crippen molar-refractivity contribution >= 4 is 40.7 Å². The minimum Gasteiger partial charge on any atom is -0.369 e. The number of hydrogen-bond donors (Lipinski definition) is 2. The average molecular weight is 376 g/mol. The molecule has 1 aliphatic heterocycles. The van der Waals surface area contributed by atoms with Gasteiger partial charge in [0, 0.05) is 23.2 Å². The SMILES string of the molecule is NC(=O)c1ccc(C2=NCC(C(=O)c3ccc(Cl)c(Cl)c3)CN2)cc1. The van der Waals surface area contributed by atoms with Gasteiger partial charge in [0.25, 0.3) is 0 Å². The molecule has 0 aliphatic carbocycles. The zero-order valence-corrected chi connectivity index (χ0v) is 14.6. The first-order valence-electron chi connectivity index (χ1n) is 7.63. The lowest BCUT2D eigenvalue weighted by Gasteiger charge is -2.22. The first-order chi connectivity index (χ1) is 12.0. The van der Waals surface area contributed by atoms with E-state index in [1.54, 1.807) is 42.5 Å². The third-order valence-corrected chi connectivity index (χ3v) is 4.74. The van der Waals surface area contributed by atoms with Crippen LogP contribution in [0.4, 0.5) is 0 Å². The van der Waals surface area contributed by atoms with Crippen LogP contribution >= 0.6 is 23.2 Å². The third-order valence-electron chi connectivity index (χ3n) is 4.00. The molecule has 3 rings (SSSR count). The molecule has 2 aromatic rings. The predicted octanol–water partition coefficient (Wildman–Crippen LogP) is 2.94. The number of Topliss-reactive ketones (excluding diaryl/α,β-unsaturated/α-hetero) is 1. The lowest BCUT2D eigenvalue weighted by atomic mass is 9.96. The van der Waals surface area contributed by atoms with Crippen molar-refractivity contribution in [1.82, 2.24) is 5.32 Å². The van der Waals surface area contributed by atoms with E-state index < -0.39 is 5.91 Å². The number of halogens is 2. The number of ketones is 1. The van der Waals surface area contributed by atoms with Gasteiger partial charge in [0.05, 0.1) is 22.5 Å². The summed E-state index contributed by atoms with van der Waals surface area (Å²) in [5, 5.41) is 3.94. The molecular weight excluding hydrogens is 361 g/mol. The number of amidine groups is 1. The second kappa shape index (κ2) is 7.25. The number of aliphatic imine (C=N–C) groups is 1. The highest BCUT2D eigenvalue weighted by Gasteiger charge is 2.24. The molecule has 0 saturated carbocycles. The first kappa shape index (κ1) is 17.5. The Bertz CT molecular complexity index is 863. The number of carbonyl (C=O) groups excluding carboxylic acids is 2. The Morgan fingerprint density at radius 2 is 1.72 bits per heavy atom. The van der Waals surface area contributed by atoms with E-state index in [0.717, 1.165) is 5.56 Å². The van der Waals surface area contributed by atoms with Crippen LogP contribution in [-0.2, 0) is 0 Å². The van der Waals surface area contributed by atoms with Crippen LogP contribution in [0.5, 0.6) is 0 Å². The molecule has 0 aromatic heterocycles. The van der Waals surface area contributed by atoms with Gasteiger partial charge in [0.2, 0.25) is 5.91 Å². The molecule has 1 unspecified atom stereocenters. The molecular formula is C18H15Cl2N3O2. The fourth-order valence-electron chi connectivity index (χ4n) is 2.59. The maximum Gasteiger partial charge on any atom is 0.248 e. The Balaban J connectivity index is 1.72. The minimum absolute atomic E-state index is 0.0297. The van der Waals surface area contributed by atoms with Crippen molar-refractivity contribution < 1.29 is 9.59 Å². The van der Waals surface area contributed by atoms with Crippen LogP contribution in [0.15, 0.2) is 47.5 Å². The lowest BCUT2D eigenvalue weighted by molar-refractivity contribution is 0.0923. The molecule has 3 N–H and O–H groups in total. The van der Waals surface area contributed by atoms with Gasteiger partial charge in [-0.1, -0.05) is 35.3 Å². The van der Waals surface area contributed by atoms with Crippen molar-refractivity contribution in [2.45, 2.75) is 0 Å². The van der Waals surface area contributed by atoms with Crippen LogP contribution in [0.3, 0.4) is 0 Å². The van der Waals surface area contributed by atoms with Gasteiger partial charge < -0.3 is 11.1 Å². The number of primary amides is 1. The summed E-state index contributed by atoms with van der Waals surface area (Å²) in [5.41, 5.74) is 7.02. The number of hydrogen-bond acceptors (Lipinski definition) is 4.